The quantitative estimate of drug-likeness (QED) is 0.454. The number of methoxy groups -OCH3 is 1. The molecule has 1 amide bonds. The van der Waals surface area contributed by atoms with Gasteiger partial charge in [-0.3, -0.25) is 24.0 Å². The summed E-state index contributed by atoms with van der Waals surface area (Å²) in [6, 6.07) is 8.79. The fourth-order valence-electron chi connectivity index (χ4n) is 3.70. The molecule has 3 rings (SSSR count). The first-order chi connectivity index (χ1) is 15.9. The number of anilines is 2. The van der Waals surface area contributed by atoms with Crippen LogP contribution in [0.4, 0.5) is 11.5 Å². The van der Waals surface area contributed by atoms with Crippen LogP contribution in [0.3, 0.4) is 0 Å². The lowest BCUT2D eigenvalue weighted by atomic mass is 10.1. The van der Waals surface area contributed by atoms with E-state index in [1.165, 1.54) is 9.47 Å². The number of carbonyl (C=O) groups excluding carboxylic acids is 1. The number of hydrogen-bond acceptors (Lipinski definition) is 6. The number of benzene rings is 1. The molecule has 33 heavy (non-hydrogen) atoms. The third kappa shape index (κ3) is 5.24. The van der Waals surface area contributed by atoms with Crippen LogP contribution in [0.15, 0.2) is 39.9 Å². The van der Waals surface area contributed by atoms with Gasteiger partial charge in [0, 0.05) is 18.5 Å². The lowest BCUT2D eigenvalue weighted by Gasteiger charge is -2.24. The largest absolute Gasteiger partial charge is 0.497 e. The highest BCUT2D eigenvalue weighted by Crippen LogP contribution is 2.23. The highest BCUT2D eigenvalue weighted by molar-refractivity contribution is 6.07. The molecular formula is C24H31N5O4. The van der Waals surface area contributed by atoms with E-state index < -0.39 is 17.2 Å². The van der Waals surface area contributed by atoms with E-state index in [0.29, 0.717) is 24.2 Å². The Bertz CT molecular complexity index is 1250. The monoisotopic (exact) mass is 453 g/mol. The molecule has 0 bridgehead atoms. The number of pyridine rings is 1. The molecule has 0 saturated carbocycles. The number of hydrogen-bond donors (Lipinski definition) is 2. The minimum absolute atomic E-state index is 0.00688. The SMILES string of the molecule is CCCCCN(C(=O)c1ccc2cc(OC)ccc2n1)c1c(N)n(CCCC)c(=O)[nH]c1=O. The van der Waals surface area contributed by atoms with E-state index in [-0.39, 0.29) is 23.7 Å². The van der Waals surface area contributed by atoms with Crippen molar-refractivity contribution >= 4 is 28.3 Å². The van der Waals surface area contributed by atoms with Gasteiger partial charge in [-0.25, -0.2) is 9.78 Å². The van der Waals surface area contributed by atoms with E-state index >= 15 is 0 Å². The van der Waals surface area contributed by atoms with Crippen molar-refractivity contribution in [1.82, 2.24) is 14.5 Å². The van der Waals surface area contributed by atoms with Gasteiger partial charge in [-0.15, -0.1) is 0 Å². The summed E-state index contributed by atoms with van der Waals surface area (Å²) in [5, 5.41) is 0.828. The standard InChI is InChI=1S/C24H31N5O4/c1-4-6-8-14-28(20-21(25)29(13-7-5-2)24(32)27-22(20)30)23(31)19-11-9-16-15-17(33-3)10-12-18(16)26-19/h9-12,15H,4-8,13-14,25H2,1-3H3,(H,27,30,32). The number of aromatic amines is 1. The zero-order chi connectivity index (χ0) is 24.0. The number of nitrogens with zero attached hydrogens (tertiary/aromatic N) is 3. The number of carbonyl (C=O) groups is 1. The summed E-state index contributed by atoms with van der Waals surface area (Å²) in [6.45, 7) is 4.69. The summed E-state index contributed by atoms with van der Waals surface area (Å²) in [6.07, 6.45) is 4.07. The van der Waals surface area contributed by atoms with Crippen LogP contribution in [0.2, 0.25) is 0 Å². The molecule has 0 fully saturated rings. The number of nitrogen functional groups attached to an aromatic ring is 1. The molecule has 176 valence electrons. The van der Waals surface area contributed by atoms with E-state index in [4.69, 9.17) is 10.5 Å². The number of amides is 1. The van der Waals surface area contributed by atoms with E-state index in [1.807, 2.05) is 13.0 Å². The molecule has 0 aliphatic carbocycles. The Kier molecular flexibility index (Phi) is 7.87. The third-order valence-corrected chi connectivity index (χ3v) is 5.57. The lowest BCUT2D eigenvalue weighted by molar-refractivity contribution is 0.0981. The maximum Gasteiger partial charge on any atom is 0.330 e. The second-order valence-electron chi connectivity index (χ2n) is 7.92. The Morgan fingerprint density at radius 2 is 1.88 bits per heavy atom. The van der Waals surface area contributed by atoms with Gasteiger partial charge < -0.3 is 10.5 Å². The molecule has 3 N–H and O–H groups in total. The maximum atomic E-state index is 13.6. The molecule has 9 heteroatoms. The van der Waals surface area contributed by atoms with E-state index in [2.05, 4.69) is 16.9 Å². The highest BCUT2D eigenvalue weighted by Gasteiger charge is 2.26. The average molecular weight is 454 g/mol. The first-order valence-electron chi connectivity index (χ1n) is 11.3. The molecular weight excluding hydrogens is 422 g/mol. The van der Waals surface area contributed by atoms with Crippen molar-refractivity contribution in [1.29, 1.82) is 0 Å². The molecule has 0 spiro atoms. The Morgan fingerprint density at radius 3 is 2.58 bits per heavy atom. The van der Waals surface area contributed by atoms with Gasteiger partial charge in [-0.05, 0) is 37.1 Å². The summed E-state index contributed by atoms with van der Waals surface area (Å²) >= 11 is 0. The molecule has 9 nitrogen and oxygen atoms in total. The molecule has 2 aromatic heterocycles. The molecule has 0 saturated heterocycles. The minimum atomic E-state index is -0.680. The summed E-state index contributed by atoms with van der Waals surface area (Å²) < 4.78 is 6.56. The number of fused-ring (bicyclic) bond motifs is 1. The first kappa shape index (κ1) is 24.0. The second kappa shape index (κ2) is 10.8. The summed E-state index contributed by atoms with van der Waals surface area (Å²) in [5.41, 5.74) is 5.84. The molecule has 1 aromatic carbocycles. The van der Waals surface area contributed by atoms with Crippen LogP contribution in [0.25, 0.3) is 10.9 Å². The maximum absolute atomic E-state index is 13.6. The number of unbranched alkanes of at least 4 members (excludes halogenated alkanes) is 3. The zero-order valence-electron chi connectivity index (χ0n) is 19.4. The van der Waals surface area contributed by atoms with Crippen molar-refractivity contribution in [3.63, 3.8) is 0 Å². The Balaban J connectivity index is 2.08. The molecule has 3 aromatic rings. The molecule has 0 unspecified atom stereocenters. The zero-order valence-corrected chi connectivity index (χ0v) is 19.4. The van der Waals surface area contributed by atoms with Crippen LogP contribution >= 0.6 is 0 Å². The molecule has 2 heterocycles. The van der Waals surface area contributed by atoms with E-state index in [1.54, 1.807) is 31.4 Å². The normalized spacial score (nSPS) is 11.0. The van der Waals surface area contributed by atoms with Gasteiger partial charge in [-0.2, -0.15) is 0 Å². The van der Waals surface area contributed by atoms with Crippen molar-refractivity contribution in [2.24, 2.45) is 0 Å². The number of nitrogens with two attached hydrogens (primary N) is 1. The van der Waals surface area contributed by atoms with E-state index in [0.717, 1.165) is 31.1 Å². The fourth-order valence-corrected chi connectivity index (χ4v) is 3.70. The second-order valence-corrected chi connectivity index (χ2v) is 7.92. The number of aromatic nitrogens is 3. The number of rotatable bonds is 10. The number of H-pyrrole nitrogens is 1. The Morgan fingerprint density at radius 1 is 1.12 bits per heavy atom. The average Bonchev–Trinajstić information content (AvgIpc) is 2.81. The van der Waals surface area contributed by atoms with Crippen molar-refractivity contribution in [2.45, 2.75) is 52.5 Å². The van der Waals surface area contributed by atoms with Crippen LogP contribution in [-0.4, -0.2) is 34.1 Å². The highest BCUT2D eigenvalue weighted by atomic mass is 16.5. The van der Waals surface area contributed by atoms with Gasteiger partial charge >= 0.3 is 5.69 Å². The number of nitrogens with one attached hydrogen (secondary N) is 1. The Hall–Kier alpha value is -3.62. The third-order valence-electron chi connectivity index (χ3n) is 5.57. The first-order valence-corrected chi connectivity index (χ1v) is 11.3. The smallest absolute Gasteiger partial charge is 0.330 e. The molecule has 0 atom stereocenters. The fraction of sp³-hybridized carbons (Fsp3) is 0.417. The lowest BCUT2D eigenvalue weighted by Crippen LogP contribution is -2.42. The van der Waals surface area contributed by atoms with Gasteiger partial charge in [0.05, 0.1) is 12.6 Å². The van der Waals surface area contributed by atoms with Gasteiger partial charge in [-0.1, -0.05) is 39.2 Å². The predicted molar refractivity (Wildman–Crippen MR) is 130 cm³/mol. The van der Waals surface area contributed by atoms with Crippen LogP contribution < -0.4 is 26.6 Å². The van der Waals surface area contributed by atoms with Gasteiger partial charge in [0.2, 0.25) is 0 Å². The van der Waals surface area contributed by atoms with Crippen molar-refractivity contribution in [2.75, 3.05) is 24.3 Å². The van der Waals surface area contributed by atoms with Gasteiger partial charge in [0.25, 0.3) is 11.5 Å². The summed E-state index contributed by atoms with van der Waals surface area (Å²) in [5.74, 6) is 0.243. The van der Waals surface area contributed by atoms with Gasteiger partial charge in [0.1, 0.15) is 17.3 Å². The van der Waals surface area contributed by atoms with Crippen LogP contribution in [0.1, 0.15) is 56.4 Å². The van der Waals surface area contributed by atoms with Crippen LogP contribution in [0.5, 0.6) is 5.75 Å². The summed E-state index contributed by atoms with van der Waals surface area (Å²) in [4.78, 5) is 46.9. The predicted octanol–water partition coefficient (Wildman–Crippen LogP) is 3.31. The van der Waals surface area contributed by atoms with Crippen molar-refractivity contribution in [3.05, 3.63) is 56.9 Å². The topological polar surface area (TPSA) is 123 Å². The van der Waals surface area contributed by atoms with Crippen molar-refractivity contribution in [3.8, 4) is 5.75 Å². The van der Waals surface area contributed by atoms with E-state index in [9.17, 15) is 14.4 Å². The van der Waals surface area contributed by atoms with Crippen LogP contribution in [0, 0.1) is 0 Å². The number of ether oxygens (including phenoxy) is 1. The summed E-state index contributed by atoms with van der Waals surface area (Å²) in [7, 11) is 1.59. The van der Waals surface area contributed by atoms with Gasteiger partial charge in [0.15, 0.2) is 5.69 Å². The minimum Gasteiger partial charge on any atom is -0.497 e. The van der Waals surface area contributed by atoms with Crippen molar-refractivity contribution < 1.29 is 9.53 Å². The Labute approximate surface area is 192 Å². The molecule has 0 aliphatic rings. The van der Waals surface area contributed by atoms with Crippen LogP contribution in [-0.2, 0) is 6.54 Å². The molecule has 0 aliphatic heterocycles. The molecule has 0 radical (unpaired) electrons.